The third kappa shape index (κ3) is 6.20. The van der Waals surface area contributed by atoms with Crippen molar-refractivity contribution < 1.29 is 19.1 Å². The van der Waals surface area contributed by atoms with E-state index in [0.29, 0.717) is 44.0 Å². The molecule has 8 nitrogen and oxygen atoms in total. The molecule has 2 fully saturated rings. The van der Waals surface area contributed by atoms with E-state index in [1.165, 1.54) is 0 Å². The summed E-state index contributed by atoms with van der Waals surface area (Å²) in [7, 11) is 1.67. The first-order chi connectivity index (χ1) is 18.6. The summed E-state index contributed by atoms with van der Waals surface area (Å²) in [6.07, 6.45) is 5.02. The molecular weight excluding hydrogens is 480 g/mol. The number of anilines is 3. The zero-order valence-corrected chi connectivity index (χ0v) is 21.7. The van der Waals surface area contributed by atoms with Gasteiger partial charge in [0.1, 0.15) is 5.82 Å². The largest absolute Gasteiger partial charge is 0.383 e. The summed E-state index contributed by atoms with van der Waals surface area (Å²) in [6, 6.07) is 19.5. The van der Waals surface area contributed by atoms with E-state index in [1.54, 1.807) is 13.3 Å². The van der Waals surface area contributed by atoms with Crippen LogP contribution in [-0.2, 0) is 14.3 Å². The molecule has 2 aliphatic rings. The average molecular weight is 515 g/mol. The van der Waals surface area contributed by atoms with Gasteiger partial charge in [0.25, 0.3) is 5.91 Å². The van der Waals surface area contributed by atoms with E-state index in [1.807, 2.05) is 65.6 Å². The Kier molecular flexibility index (Phi) is 8.31. The van der Waals surface area contributed by atoms with Gasteiger partial charge < -0.3 is 25.0 Å². The Labute approximate surface area is 223 Å². The van der Waals surface area contributed by atoms with Crippen LogP contribution in [0, 0.1) is 5.92 Å². The molecule has 0 unspecified atom stereocenters. The van der Waals surface area contributed by atoms with Crippen molar-refractivity contribution in [3.8, 4) is 11.1 Å². The second-order valence-electron chi connectivity index (χ2n) is 9.85. The Morgan fingerprint density at radius 1 is 1.00 bits per heavy atom. The van der Waals surface area contributed by atoms with Gasteiger partial charge in [-0.1, -0.05) is 18.2 Å². The van der Waals surface area contributed by atoms with Crippen molar-refractivity contribution in [2.24, 2.45) is 5.92 Å². The Balaban J connectivity index is 1.45. The van der Waals surface area contributed by atoms with Gasteiger partial charge in [0.15, 0.2) is 0 Å². The monoisotopic (exact) mass is 514 g/mol. The maximum Gasteiger partial charge on any atom is 0.254 e. The van der Waals surface area contributed by atoms with Crippen molar-refractivity contribution in [2.75, 3.05) is 44.1 Å². The maximum atomic E-state index is 13.7. The third-order valence-corrected chi connectivity index (χ3v) is 7.18. The van der Waals surface area contributed by atoms with Crippen molar-refractivity contribution >= 4 is 29.0 Å². The summed E-state index contributed by atoms with van der Waals surface area (Å²) in [6.45, 7) is 2.45. The zero-order chi connectivity index (χ0) is 26.3. The molecule has 1 aromatic heterocycles. The number of para-hydroxylation sites is 1. The summed E-state index contributed by atoms with van der Waals surface area (Å²) < 4.78 is 10.8. The quantitative estimate of drug-likeness (QED) is 0.434. The number of methoxy groups -OCH3 is 1. The van der Waals surface area contributed by atoms with Gasteiger partial charge in [-0.3, -0.25) is 9.59 Å². The van der Waals surface area contributed by atoms with Gasteiger partial charge >= 0.3 is 0 Å². The number of benzene rings is 2. The van der Waals surface area contributed by atoms with Crippen LogP contribution in [0.5, 0.6) is 0 Å². The Bertz CT molecular complexity index is 1260. The minimum atomic E-state index is -0.0719. The minimum Gasteiger partial charge on any atom is -0.383 e. The van der Waals surface area contributed by atoms with Gasteiger partial charge in [0.05, 0.1) is 12.6 Å². The predicted octanol–water partition coefficient (Wildman–Crippen LogP) is 5.11. The molecule has 0 aliphatic carbocycles. The van der Waals surface area contributed by atoms with Gasteiger partial charge in [-0.05, 0) is 79.3 Å². The van der Waals surface area contributed by atoms with E-state index in [0.717, 1.165) is 41.9 Å². The lowest BCUT2D eigenvalue weighted by Crippen LogP contribution is -2.38. The number of rotatable bonds is 8. The number of aromatic nitrogens is 1. The number of hydrogen-bond acceptors (Lipinski definition) is 6. The Morgan fingerprint density at radius 2 is 1.82 bits per heavy atom. The van der Waals surface area contributed by atoms with Crippen molar-refractivity contribution in [2.45, 2.75) is 31.7 Å². The summed E-state index contributed by atoms with van der Waals surface area (Å²) in [5.41, 5.74) is 4.07. The molecule has 0 saturated carbocycles. The lowest BCUT2D eigenvalue weighted by Gasteiger charge is -2.25. The van der Waals surface area contributed by atoms with Gasteiger partial charge in [0, 0.05) is 55.9 Å². The molecule has 2 aliphatic heterocycles. The molecule has 3 aromatic rings. The highest BCUT2D eigenvalue weighted by molar-refractivity contribution is 5.98. The Morgan fingerprint density at radius 3 is 2.61 bits per heavy atom. The van der Waals surface area contributed by atoms with Gasteiger partial charge in [-0.25, -0.2) is 4.98 Å². The van der Waals surface area contributed by atoms with Gasteiger partial charge in [-0.15, -0.1) is 0 Å². The molecule has 3 heterocycles. The highest BCUT2D eigenvalue weighted by Gasteiger charge is 2.30. The van der Waals surface area contributed by atoms with Crippen LogP contribution in [0.4, 0.5) is 17.2 Å². The van der Waals surface area contributed by atoms with Crippen LogP contribution in [0.25, 0.3) is 11.1 Å². The first-order valence-corrected chi connectivity index (χ1v) is 13.2. The van der Waals surface area contributed by atoms with Crippen LogP contribution in [0.1, 0.15) is 36.0 Å². The molecule has 5 rings (SSSR count). The molecule has 2 N–H and O–H groups in total. The van der Waals surface area contributed by atoms with E-state index in [4.69, 9.17) is 9.47 Å². The molecule has 0 bridgehead atoms. The SMILES string of the molecule is COC[C@@H]1CCCN1C(=O)c1cc(Nc2ccccc2)cc(-c2ccnc(NC(=O)C3CCOCC3)c2)c1. The standard InChI is InChI=1S/C30H34N4O4/c1-37-20-27-8-5-13-34(27)30(36)24-16-23(17-26(18-24)32-25-6-3-2-4-7-25)22-9-12-31-28(19-22)33-29(35)21-10-14-38-15-11-21/h2-4,6-7,9,12,16-19,21,27,32H,5,8,10-11,13-15,20H2,1H3,(H,31,33,35)/t27-/m0/s1. The Hall–Kier alpha value is -3.75. The molecular formula is C30H34N4O4. The molecule has 1 atom stereocenters. The number of pyridine rings is 1. The van der Waals surface area contributed by atoms with Crippen LogP contribution in [0.2, 0.25) is 0 Å². The van der Waals surface area contributed by atoms with E-state index in [2.05, 4.69) is 15.6 Å². The molecule has 0 radical (unpaired) electrons. The van der Waals surface area contributed by atoms with E-state index in [9.17, 15) is 9.59 Å². The third-order valence-electron chi connectivity index (χ3n) is 7.18. The van der Waals surface area contributed by atoms with Crippen molar-refractivity contribution in [3.05, 3.63) is 72.4 Å². The molecule has 198 valence electrons. The summed E-state index contributed by atoms with van der Waals surface area (Å²) in [4.78, 5) is 32.7. The normalized spacial score (nSPS) is 17.8. The molecule has 2 saturated heterocycles. The van der Waals surface area contributed by atoms with Crippen molar-refractivity contribution in [1.82, 2.24) is 9.88 Å². The van der Waals surface area contributed by atoms with Gasteiger partial charge in [-0.2, -0.15) is 0 Å². The number of hydrogen-bond donors (Lipinski definition) is 2. The molecule has 0 spiro atoms. The number of amides is 2. The van der Waals surface area contributed by atoms with E-state index in [-0.39, 0.29) is 23.8 Å². The predicted molar refractivity (Wildman–Crippen MR) is 148 cm³/mol. The van der Waals surface area contributed by atoms with Crippen LogP contribution < -0.4 is 10.6 Å². The van der Waals surface area contributed by atoms with Gasteiger partial charge in [0.2, 0.25) is 5.91 Å². The number of ether oxygens (including phenoxy) is 2. The number of carbonyl (C=O) groups excluding carboxylic acids is 2. The van der Waals surface area contributed by atoms with Crippen LogP contribution in [0.3, 0.4) is 0 Å². The summed E-state index contributed by atoms with van der Waals surface area (Å²) >= 11 is 0. The lowest BCUT2D eigenvalue weighted by atomic mass is 9.99. The highest BCUT2D eigenvalue weighted by Crippen LogP contribution is 2.30. The first-order valence-electron chi connectivity index (χ1n) is 13.2. The smallest absolute Gasteiger partial charge is 0.254 e. The summed E-state index contributed by atoms with van der Waals surface area (Å²) in [5.74, 6) is 0.376. The second-order valence-corrected chi connectivity index (χ2v) is 9.85. The second kappa shape index (κ2) is 12.2. The number of carbonyl (C=O) groups is 2. The fourth-order valence-corrected chi connectivity index (χ4v) is 5.18. The molecule has 8 heteroatoms. The first kappa shape index (κ1) is 25.9. The topological polar surface area (TPSA) is 92.8 Å². The van der Waals surface area contributed by atoms with Crippen LogP contribution in [-0.4, -0.2) is 61.2 Å². The maximum absolute atomic E-state index is 13.7. The summed E-state index contributed by atoms with van der Waals surface area (Å²) in [5, 5.41) is 6.40. The average Bonchev–Trinajstić information content (AvgIpc) is 3.42. The molecule has 2 amide bonds. The number of nitrogens with one attached hydrogen (secondary N) is 2. The van der Waals surface area contributed by atoms with Crippen molar-refractivity contribution in [1.29, 1.82) is 0 Å². The number of likely N-dealkylation sites (tertiary alicyclic amines) is 1. The fraction of sp³-hybridized carbons (Fsp3) is 0.367. The zero-order valence-electron chi connectivity index (χ0n) is 21.7. The minimum absolute atomic E-state index is 0.00962. The van der Waals surface area contributed by atoms with E-state index >= 15 is 0 Å². The van der Waals surface area contributed by atoms with Crippen molar-refractivity contribution in [3.63, 3.8) is 0 Å². The number of nitrogens with zero attached hydrogens (tertiary/aromatic N) is 2. The fourth-order valence-electron chi connectivity index (χ4n) is 5.18. The van der Waals surface area contributed by atoms with Crippen LogP contribution >= 0.6 is 0 Å². The molecule has 38 heavy (non-hydrogen) atoms. The highest BCUT2D eigenvalue weighted by atomic mass is 16.5. The van der Waals surface area contributed by atoms with Crippen LogP contribution in [0.15, 0.2) is 66.9 Å². The lowest BCUT2D eigenvalue weighted by molar-refractivity contribution is -0.122. The van der Waals surface area contributed by atoms with E-state index < -0.39 is 0 Å². The molecule has 2 aromatic carbocycles.